The minimum Gasteiger partial charge on any atom is -0.316 e. The van der Waals surface area contributed by atoms with E-state index in [2.05, 4.69) is 29.6 Å². The van der Waals surface area contributed by atoms with Crippen LogP contribution in [0.1, 0.15) is 33.7 Å². The molecule has 0 spiro atoms. The van der Waals surface area contributed by atoms with Gasteiger partial charge in [-0.1, -0.05) is 18.2 Å². The number of aryl methyl sites for hydroxylation is 1. The van der Waals surface area contributed by atoms with Gasteiger partial charge in [-0.2, -0.15) is 5.26 Å². The van der Waals surface area contributed by atoms with Crippen LogP contribution < -0.4 is 5.32 Å². The Kier molecular flexibility index (Phi) is 4.09. The molecule has 3 nitrogen and oxygen atoms in total. The molecule has 0 saturated heterocycles. The number of nitriles is 1. The molecule has 0 aliphatic heterocycles. The quantitative estimate of drug-likeness (QED) is 0.729. The second kappa shape index (κ2) is 6.39. The van der Waals surface area contributed by atoms with E-state index in [1.807, 2.05) is 12.1 Å². The summed E-state index contributed by atoms with van der Waals surface area (Å²) < 4.78 is 1.20. The Hall–Kier alpha value is -2.16. The first-order chi connectivity index (χ1) is 11.7. The Morgan fingerprint density at radius 3 is 2.88 bits per heavy atom. The highest BCUT2D eigenvalue weighted by Gasteiger charge is 2.21. The van der Waals surface area contributed by atoms with E-state index in [1.54, 1.807) is 22.7 Å². The van der Waals surface area contributed by atoms with Crippen molar-refractivity contribution < 1.29 is 4.79 Å². The summed E-state index contributed by atoms with van der Waals surface area (Å²) in [6, 6.07) is 12.5. The molecule has 0 saturated carbocycles. The summed E-state index contributed by atoms with van der Waals surface area (Å²) in [5, 5.41) is 14.4. The van der Waals surface area contributed by atoms with E-state index in [-0.39, 0.29) is 5.91 Å². The Morgan fingerprint density at radius 2 is 2.04 bits per heavy atom. The highest BCUT2D eigenvalue weighted by Crippen LogP contribution is 2.37. The summed E-state index contributed by atoms with van der Waals surface area (Å²) in [7, 11) is 0. The molecule has 0 fully saturated rings. The summed E-state index contributed by atoms with van der Waals surface area (Å²) in [6.45, 7) is 0. The van der Waals surface area contributed by atoms with Gasteiger partial charge in [-0.3, -0.25) is 4.79 Å². The zero-order valence-corrected chi connectivity index (χ0v) is 14.7. The van der Waals surface area contributed by atoms with Crippen molar-refractivity contribution in [1.29, 1.82) is 5.26 Å². The largest absolute Gasteiger partial charge is 0.316 e. The van der Waals surface area contributed by atoms with Crippen LogP contribution in [0, 0.1) is 11.3 Å². The number of hydrogen-bond acceptors (Lipinski definition) is 4. The van der Waals surface area contributed by atoms with Crippen LogP contribution in [0.15, 0.2) is 30.3 Å². The first-order valence-corrected chi connectivity index (χ1v) is 9.70. The highest BCUT2D eigenvalue weighted by molar-refractivity contribution is 7.19. The highest BCUT2D eigenvalue weighted by atomic mass is 32.1. The molecule has 1 aliphatic rings. The molecule has 2 aromatic heterocycles. The van der Waals surface area contributed by atoms with Crippen LogP contribution >= 0.6 is 22.7 Å². The summed E-state index contributed by atoms with van der Waals surface area (Å²) in [5.41, 5.74) is 1.84. The van der Waals surface area contributed by atoms with Gasteiger partial charge in [0.2, 0.25) is 5.91 Å². The van der Waals surface area contributed by atoms with Gasteiger partial charge in [0.15, 0.2) is 0 Å². The molecule has 0 radical (unpaired) electrons. The predicted molar refractivity (Wildman–Crippen MR) is 99.8 cm³/mol. The number of rotatable bonds is 3. The van der Waals surface area contributed by atoms with Crippen LogP contribution in [-0.2, 0) is 24.1 Å². The van der Waals surface area contributed by atoms with Crippen LogP contribution in [0.25, 0.3) is 10.1 Å². The molecule has 5 heteroatoms. The molecular formula is C19H16N2OS2. The SMILES string of the molecule is N#Cc1c(NC(=O)Cc2cc3ccccc3s2)sc2c1CCCC2. The minimum atomic E-state index is -0.0448. The number of thiophene rings is 2. The first kappa shape index (κ1) is 15.4. The Labute approximate surface area is 148 Å². The molecule has 4 rings (SSSR count). The average Bonchev–Trinajstić information content (AvgIpc) is 3.14. The lowest BCUT2D eigenvalue weighted by atomic mass is 9.96. The molecule has 24 heavy (non-hydrogen) atoms. The van der Waals surface area contributed by atoms with Gasteiger partial charge in [0.1, 0.15) is 11.1 Å². The topological polar surface area (TPSA) is 52.9 Å². The number of nitrogens with one attached hydrogen (secondary N) is 1. The number of nitrogens with zero attached hydrogens (tertiary/aromatic N) is 1. The Bertz CT molecular complexity index is 929. The fourth-order valence-electron chi connectivity index (χ4n) is 3.23. The van der Waals surface area contributed by atoms with Gasteiger partial charge in [-0.05, 0) is 48.8 Å². The number of carbonyl (C=O) groups excluding carboxylic acids is 1. The second-order valence-electron chi connectivity index (χ2n) is 6.00. The number of fused-ring (bicyclic) bond motifs is 2. The molecule has 1 aromatic carbocycles. The van der Waals surface area contributed by atoms with Crippen molar-refractivity contribution in [1.82, 2.24) is 0 Å². The summed E-state index contributed by atoms with van der Waals surface area (Å²) in [6.07, 6.45) is 4.65. The number of anilines is 1. The summed E-state index contributed by atoms with van der Waals surface area (Å²) in [4.78, 5) is 14.8. The van der Waals surface area contributed by atoms with Crippen LogP contribution in [0.5, 0.6) is 0 Å². The maximum atomic E-state index is 12.4. The van der Waals surface area contributed by atoms with Crippen molar-refractivity contribution in [2.45, 2.75) is 32.1 Å². The normalized spacial score (nSPS) is 13.5. The van der Waals surface area contributed by atoms with Gasteiger partial charge >= 0.3 is 0 Å². The molecule has 1 amide bonds. The van der Waals surface area contributed by atoms with Crippen molar-refractivity contribution in [3.63, 3.8) is 0 Å². The third kappa shape index (κ3) is 2.83. The lowest BCUT2D eigenvalue weighted by molar-refractivity contribution is -0.115. The van der Waals surface area contributed by atoms with E-state index in [9.17, 15) is 10.1 Å². The van der Waals surface area contributed by atoms with Crippen LogP contribution in [0.2, 0.25) is 0 Å². The summed E-state index contributed by atoms with van der Waals surface area (Å²) in [5.74, 6) is -0.0448. The molecule has 120 valence electrons. The molecule has 2 heterocycles. The van der Waals surface area contributed by atoms with Crippen molar-refractivity contribution in [2.75, 3.05) is 5.32 Å². The van der Waals surface area contributed by atoms with Gasteiger partial charge in [0, 0.05) is 14.5 Å². The lowest BCUT2D eigenvalue weighted by Gasteiger charge is -2.09. The smallest absolute Gasteiger partial charge is 0.230 e. The van der Waals surface area contributed by atoms with Gasteiger partial charge < -0.3 is 5.32 Å². The third-order valence-corrected chi connectivity index (χ3v) is 6.67. The van der Waals surface area contributed by atoms with Crippen LogP contribution in [0.4, 0.5) is 5.00 Å². The minimum absolute atomic E-state index is 0.0448. The number of benzene rings is 1. The lowest BCUT2D eigenvalue weighted by Crippen LogP contribution is -2.13. The molecule has 0 unspecified atom stereocenters. The van der Waals surface area contributed by atoms with E-state index >= 15 is 0 Å². The molecule has 3 aromatic rings. The fourth-order valence-corrected chi connectivity index (χ4v) is 5.54. The van der Waals surface area contributed by atoms with Gasteiger partial charge in [-0.15, -0.1) is 22.7 Å². The third-order valence-electron chi connectivity index (χ3n) is 4.35. The van der Waals surface area contributed by atoms with E-state index < -0.39 is 0 Å². The van der Waals surface area contributed by atoms with Crippen molar-refractivity contribution >= 4 is 43.7 Å². The molecule has 0 bridgehead atoms. The van der Waals surface area contributed by atoms with Crippen molar-refractivity contribution in [3.8, 4) is 6.07 Å². The number of hydrogen-bond donors (Lipinski definition) is 1. The van der Waals surface area contributed by atoms with Crippen molar-refractivity contribution in [2.24, 2.45) is 0 Å². The molecule has 1 aliphatic carbocycles. The molecule has 1 N–H and O–H groups in total. The van der Waals surface area contributed by atoms with Gasteiger partial charge in [0.25, 0.3) is 0 Å². The molecular weight excluding hydrogens is 336 g/mol. The molecule has 0 atom stereocenters. The van der Waals surface area contributed by atoms with Gasteiger partial charge in [0.05, 0.1) is 12.0 Å². The fraction of sp³-hybridized carbons (Fsp3) is 0.263. The average molecular weight is 352 g/mol. The first-order valence-electron chi connectivity index (χ1n) is 8.06. The number of amides is 1. The van der Waals surface area contributed by atoms with E-state index in [0.717, 1.165) is 34.7 Å². The predicted octanol–water partition coefficient (Wildman–Crippen LogP) is 4.89. The Morgan fingerprint density at radius 1 is 1.21 bits per heavy atom. The summed E-state index contributed by atoms with van der Waals surface area (Å²) >= 11 is 3.23. The second-order valence-corrected chi connectivity index (χ2v) is 8.28. The zero-order valence-electron chi connectivity index (χ0n) is 13.1. The Balaban J connectivity index is 1.54. The van der Waals surface area contributed by atoms with Crippen LogP contribution in [0.3, 0.4) is 0 Å². The van der Waals surface area contributed by atoms with E-state index in [1.165, 1.54) is 21.4 Å². The van der Waals surface area contributed by atoms with E-state index in [4.69, 9.17) is 0 Å². The maximum absolute atomic E-state index is 12.4. The van der Waals surface area contributed by atoms with E-state index in [0.29, 0.717) is 12.0 Å². The monoisotopic (exact) mass is 352 g/mol. The maximum Gasteiger partial charge on any atom is 0.230 e. The zero-order chi connectivity index (χ0) is 16.5. The van der Waals surface area contributed by atoms with Crippen molar-refractivity contribution in [3.05, 3.63) is 51.2 Å². The van der Waals surface area contributed by atoms with Gasteiger partial charge in [-0.25, -0.2) is 0 Å². The number of carbonyl (C=O) groups is 1. The van der Waals surface area contributed by atoms with Crippen LogP contribution in [-0.4, -0.2) is 5.91 Å². The standard InChI is InChI=1S/C19H16N2OS2/c20-11-15-14-6-2-4-8-17(14)24-19(15)21-18(22)10-13-9-12-5-1-3-7-16(12)23-13/h1,3,5,7,9H,2,4,6,8,10H2,(H,21,22).